The van der Waals surface area contributed by atoms with Gasteiger partial charge in [-0.1, -0.05) is 12.1 Å². The zero-order valence-electron chi connectivity index (χ0n) is 18.7. The Morgan fingerprint density at radius 2 is 1.94 bits per heavy atom. The highest BCUT2D eigenvalue weighted by molar-refractivity contribution is 5.88. The molecule has 0 radical (unpaired) electrons. The second-order valence-corrected chi connectivity index (χ2v) is 8.74. The number of pyridine rings is 1. The highest BCUT2D eigenvalue weighted by Crippen LogP contribution is 2.56. The van der Waals surface area contributed by atoms with Gasteiger partial charge >= 0.3 is 0 Å². The van der Waals surface area contributed by atoms with Gasteiger partial charge in [0.1, 0.15) is 23.2 Å². The van der Waals surface area contributed by atoms with Crippen LogP contribution in [0.4, 0.5) is 14.5 Å². The van der Waals surface area contributed by atoms with E-state index in [-0.39, 0.29) is 29.8 Å². The maximum Gasteiger partial charge on any atom is 0.144 e. The van der Waals surface area contributed by atoms with Gasteiger partial charge in [0, 0.05) is 37.0 Å². The van der Waals surface area contributed by atoms with Gasteiger partial charge in [0.25, 0.3) is 0 Å². The Balaban J connectivity index is 1.61. The molecule has 32 heavy (non-hydrogen) atoms. The average Bonchev–Trinajstić information content (AvgIpc) is 3.46. The van der Waals surface area contributed by atoms with Gasteiger partial charge < -0.3 is 4.90 Å². The van der Waals surface area contributed by atoms with Crippen LogP contribution in [-0.4, -0.2) is 34.3 Å². The SMILES string of the molecule is Cc1ncc(N(C)C[C@@]2(c3cccc(F)c3)C[C@H]2C(=O)Cc2cc(C)c(F)cn2)c(C)n1. The second kappa shape index (κ2) is 8.37. The van der Waals surface area contributed by atoms with Crippen LogP contribution < -0.4 is 4.90 Å². The first kappa shape index (κ1) is 22.0. The van der Waals surface area contributed by atoms with Crippen LogP contribution in [0, 0.1) is 38.3 Å². The molecule has 0 bridgehead atoms. The van der Waals surface area contributed by atoms with Crippen LogP contribution in [0.1, 0.15) is 34.8 Å². The number of hydrogen-bond donors (Lipinski definition) is 0. The first-order valence-electron chi connectivity index (χ1n) is 10.6. The third-order valence-electron chi connectivity index (χ3n) is 6.33. The lowest BCUT2D eigenvalue weighted by molar-refractivity contribution is -0.120. The van der Waals surface area contributed by atoms with Gasteiger partial charge in [-0.25, -0.2) is 18.7 Å². The third-order valence-corrected chi connectivity index (χ3v) is 6.33. The van der Waals surface area contributed by atoms with Gasteiger partial charge in [0.2, 0.25) is 0 Å². The number of carbonyl (C=O) groups excluding carboxylic acids is 1. The molecule has 2 heterocycles. The monoisotopic (exact) mass is 436 g/mol. The van der Waals surface area contributed by atoms with Gasteiger partial charge in [-0.3, -0.25) is 9.78 Å². The minimum atomic E-state index is -0.514. The quantitative estimate of drug-likeness (QED) is 0.553. The van der Waals surface area contributed by atoms with Gasteiger partial charge in [-0.2, -0.15) is 0 Å². The zero-order chi connectivity index (χ0) is 23.0. The molecule has 0 aliphatic heterocycles. The van der Waals surface area contributed by atoms with E-state index in [0.717, 1.165) is 23.1 Å². The summed E-state index contributed by atoms with van der Waals surface area (Å²) in [4.78, 5) is 28.1. The normalized spacial score (nSPS) is 19.6. The lowest BCUT2D eigenvalue weighted by atomic mass is 9.90. The van der Waals surface area contributed by atoms with E-state index in [4.69, 9.17) is 0 Å². The van der Waals surface area contributed by atoms with E-state index >= 15 is 0 Å². The Morgan fingerprint density at radius 3 is 2.62 bits per heavy atom. The number of hydrogen-bond acceptors (Lipinski definition) is 5. The van der Waals surface area contributed by atoms with E-state index < -0.39 is 5.41 Å². The summed E-state index contributed by atoms with van der Waals surface area (Å²) in [6.07, 6.45) is 3.67. The van der Waals surface area contributed by atoms with E-state index in [9.17, 15) is 13.6 Å². The van der Waals surface area contributed by atoms with Crippen LogP contribution in [0.2, 0.25) is 0 Å². The van der Waals surface area contributed by atoms with Crippen LogP contribution in [0.5, 0.6) is 0 Å². The molecule has 3 aromatic rings. The third kappa shape index (κ3) is 4.24. The Kier molecular flexibility index (Phi) is 5.75. The molecular weight excluding hydrogens is 410 g/mol. The fourth-order valence-electron chi connectivity index (χ4n) is 4.57. The molecule has 1 aliphatic rings. The number of likely N-dealkylation sites (N-methyl/N-ethyl adjacent to an activating group) is 1. The fraction of sp³-hybridized carbons (Fsp3) is 0.360. The lowest BCUT2D eigenvalue weighted by Crippen LogP contribution is -2.33. The zero-order valence-corrected chi connectivity index (χ0v) is 18.7. The molecule has 1 aromatic carbocycles. The predicted molar refractivity (Wildman–Crippen MR) is 119 cm³/mol. The van der Waals surface area contributed by atoms with E-state index in [1.807, 2.05) is 31.9 Å². The van der Waals surface area contributed by atoms with Crippen molar-refractivity contribution in [3.05, 3.63) is 82.7 Å². The number of ketones is 1. The van der Waals surface area contributed by atoms with Crippen molar-refractivity contribution in [3.63, 3.8) is 0 Å². The maximum atomic E-state index is 14.1. The van der Waals surface area contributed by atoms with Crippen molar-refractivity contribution >= 4 is 11.5 Å². The van der Waals surface area contributed by atoms with E-state index in [2.05, 4.69) is 15.0 Å². The van der Waals surface area contributed by atoms with E-state index in [1.54, 1.807) is 25.3 Å². The van der Waals surface area contributed by atoms with Crippen molar-refractivity contribution in [2.45, 2.75) is 39.0 Å². The summed E-state index contributed by atoms with van der Waals surface area (Å²) < 4.78 is 27.6. The summed E-state index contributed by atoms with van der Waals surface area (Å²) in [7, 11) is 1.94. The van der Waals surface area contributed by atoms with E-state index in [0.29, 0.717) is 30.0 Å². The second-order valence-electron chi connectivity index (χ2n) is 8.74. The molecule has 0 unspecified atom stereocenters. The van der Waals surface area contributed by atoms with Gasteiger partial charge in [-0.05, 0) is 56.5 Å². The molecule has 7 heteroatoms. The summed E-state index contributed by atoms with van der Waals surface area (Å²) in [5.74, 6) is -0.267. The number of rotatable bonds is 7. The summed E-state index contributed by atoms with van der Waals surface area (Å²) >= 11 is 0. The topological polar surface area (TPSA) is 59.0 Å². The number of aryl methyl sites for hydroxylation is 3. The Bertz CT molecular complexity index is 1180. The number of benzene rings is 1. The summed E-state index contributed by atoms with van der Waals surface area (Å²) in [5, 5.41) is 0. The van der Waals surface area contributed by atoms with Gasteiger partial charge in [-0.15, -0.1) is 0 Å². The molecule has 0 N–H and O–H groups in total. The molecule has 0 spiro atoms. The summed E-state index contributed by atoms with van der Waals surface area (Å²) in [5.41, 5.74) is 3.02. The van der Waals surface area contributed by atoms with Crippen LogP contribution >= 0.6 is 0 Å². The first-order valence-corrected chi connectivity index (χ1v) is 10.6. The largest absolute Gasteiger partial charge is 0.371 e. The minimum absolute atomic E-state index is 0.0260. The highest BCUT2D eigenvalue weighted by atomic mass is 19.1. The molecule has 1 fully saturated rings. The average molecular weight is 437 g/mol. The van der Waals surface area contributed by atoms with Crippen molar-refractivity contribution in [2.75, 3.05) is 18.5 Å². The van der Waals surface area contributed by atoms with Crippen molar-refractivity contribution < 1.29 is 13.6 Å². The summed E-state index contributed by atoms with van der Waals surface area (Å²) in [6, 6.07) is 8.09. The van der Waals surface area contributed by atoms with Gasteiger partial charge in [0.05, 0.1) is 23.8 Å². The number of anilines is 1. The molecule has 1 aliphatic carbocycles. The number of halogens is 2. The van der Waals surface area contributed by atoms with Crippen molar-refractivity contribution in [1.29, 1.82) is 0 Å². The van der Waals surface area contributed by atoms with E-state index in [1.165, 1.54) is 12.1 Å². The van der Waals surface area contributed by atoms with Crippen LogP contribution in [0.25, 0.3) is 0 Å². The molecular formula is C25H26F2N4O. The summed E-state index contributed by atoms with van der Waals surface area (Å²) in [6.45, 7) is 5.94. The molecule has 0 saturated heterocycles. The van der Waals surface area contributed by atoms with Gasteiger partial charge in [0.15, 0.2) is 0 Å². The number of carbonyl (C=O) groups is 1. The van der Waals surface area contributed by atoms with Crippen molar-refractivity contribution in [2.24, 2.45) is 5.92 Å². The lowest BCUT2D eigenvalue weighted by Gasteiger charge is -2.28. The number of nitrogens with zero attached hydrogens (tertiary/aromatic N) is 4. The van der Waals surface area contributed by atoms with Crippen molar-refractivity contribution in [1.82, 2.24) is 15.0 Å². The molecule has 166 valence electrons. The Hall–Kier alpha value is -3.22. The predicted octanol–water partition coefficient (Wildman–Crippen LogP) is 4.28. The Labute approximate surface area is 186 Å². The Morgan fingerprint density at radius 1 is 1.16 bits per heavy atom. The smallest absolute Gasteiger partial charge is 0.144 e. The first-order chi connectivity index (χ1) is 15.2. The van der Waals surface area contributed by atoms with Crippen LogP contribution in [-0.2, 0) is 16.6 Å². The number of aromatic nitrogens is 3. The molecule has 2 atom stereocenters. The highest BCUT2D eigenvalue weighted by Gasteiger charge is 2.59. The minimum Gasteiger partial charge on any atom is -0.371 e. The molecule has 0 amide bonds. The van der Waals surface area contributed by atoms with Crippen LogP contribution in [0.15, 0.2) is 42.7 Å². The fourth-order valence-corrected chi connectivity index (χ4v) is 4.57. The standard InChI is InChI=1S/C25H26F2N4O/c1-15-8-20(29-12-22(15)27)10-24(32)21-11-25(21,18-6-5-7-19(26)9-18)14-31(4)23-13-28-17(3)30-16(23)2/h5-9,12-13,21H,10-11,14H2,1-4H3/t21-,25+/m0/s1. The van der Waals surface area contributed by atoms with Crippen molar-refractivity contribution in [3.8, 4) is 0 Å². The molecule has 4 rings (SSSR count). The number of Topliss-reactive ketones (excluding diaryl/α,β-unsaturated/α-hetero) is 1. The maximum absolute atomic E-state index is 14.1. The molecule has 5 nitrogen and oxygen atoms in total. The van der Waals surface area contributed by atoms with Crippen LogP contribution in [0.3, 0.4) is 0 Å². The molecule has 2 aromatic heterocycles. The molecule has 1 saturated carbocycles.